The van der Waals surface area contributed by atoms with E-state index in [1.807, 2.05) is 0 Å². The molecule has 1 aromatic heterocycles. The lowest BCUT2D eigenvalue weighted by molar-refractivity contribution is 0.181. The second-order valence-corrected chi connectivity index (χ2v) is 9.24. The van der Waals surface area contributed by atoms with Gasteiger partial charge in [0.1, 0.15) is 12.4 Å². The first-order chi connectivity index (χ1) is 16.0. The Morgan fingerprint density at radius 2 is 1.94 bits per heavy atom. The summed E-state index contributed by atoms with van der Waals surface area (Å²) in [5.74, 6) is 1.06. The fourth-order valence-corrected chi connectivity index (χ4v) is 4.28. The minimum Gasteiger partial charge on any atom is -0.447 e. The third kappa shape index (κ3) is 6.00. The zero-order valence-electron chi connectivity index (χ0n) is 20.0. The van der Waals surface area contributed by atoms with Gasteiger partial charge in [-0.2, -0.15) is 4.98 Å². The van der Waals surface area contributed by atoms with E-state index in [9.17, 15) is 4.79 Å². The maximum Gasteiger partial charge on any atom is 0.415 e. The van der Waals surface area contributed by atoms with Gasteiger partial charge in [-0.25, -0.2) is 9.78 Å². The van der Waals surface area contributed by atoms with Gasteiger partial charge >= 0.3 is 6.09 Å². The summed E-state index contributed by atoms with van der Waals surface area (Å²) in [5, 5.41) is 7.00. The van der Waals surface area contributed by atoms with Crippen LogP contribution in [0.5, 0.6) is 0 Å². The molecule has 3 aliphatic rings. The van der Waals surface area contributed by atoms with Crippen LogP contribution in [0, 0.1) is 0 Å². The molecule has 1 atom stereocenters. The van der Waals surface area contributed by atoms with Gasteiger partial charge in [-0.1, -0.05) is 44.5 Å². The number of carbonyl (C=O) groups is 1. The lowest BCUT2D eigenvalue weighted by Gasteiger charge is -2.34. The Morgan fingerprint density at radius 1 is 1.18 bits per heavy atom. The third-order valence-corrected chi connectivity index (χ3v) is 6.22. The molecule has 1 unspecified atom stereocenters. The number of amides is 1. The van der Waals surface area contributed by atoms with Gasteiger partial charge in [0, 0.05) is 37.9 Å². The van der Waals surface area contributed by atoms with E-state index in [-0.39, 0.29) is 12.1 Å². The highest BCUT2D eigenvalue weighted by atomic mass is 16.6. The lowest BCUT2D eigenvalue weighted by atomic mass is 10.1. The first-order valence-corrected chi connectivity index (χ1v) is 12.1. The van der Waals surface area contributed by atoms with Crippen LogP contribution in [-0.4, -0.2) is 59.3 Å². The molecule has 3 fully saturated rings. The normalized spacial score (nSPS) is 20.1. The van der Waals surface area contributed by atoms with Crippen molar-refractivity contribution in [2.45, 2.75) is 58.2 Å². The molecular formula is C25H36N6O2. The molecule has 1 spiro atoms. The van der Waals surface area contributed by atoms with Gasteiger partial charge in [0.2, 0.25) is 5.95 Å². The Kier molecular flexibility index (Phi) is 7.45. The van der Waals surface area contributed by atoms with Crippen molar-refractivity contribution in [1.82, 2.24) is 20.2 Å². The molecule has 0 bridgehead atoms. The highest BCUT2D eigenvalue weighted by Crippen LogP contribution is 2.37. The molecule has 3 heterocycles. The number of cyclic esters (lactones) is 1. The summed E-state index contributed by atoms with van der Waals surface area (Å²) in [6.07, 6.45) is 5.17. The Bertz CT molecular complexity index is 931. The van der Waals surface area contributed by atoms with Gasteiger partial charge in [0.15, 0.2) is 0 Å². The van der Waals surface area contributed by atoms with Crippen molar-refractivity contribution >= 4 is 17.9 Å². The van der Waals surface area contributed by atoms with Gasteiger partial charge in [-0.15, -0.1) is 0 Å². The number of rotatable bonds is 6. The number of ether oxygens (including phenoxy) is 1. The number of carbonyl (C=O) groups excluding carboxylic acids is 1. The average Bonchev–Trinajstić information content (AvgIpc) is 3.40. The summed E-state index contributed by atoms with van der Waals surface area (Å²) in [6.45, 7) is 11.6. The molecule has 5 rings (SSSR count). The number of piperazine rings is 1. The molecule has 1 amide bonds. The monoisotopic (exact) mass is 452 g/mol. The fourth-order valence-electron chi connectivity index (χ4n) is 4.28. The summed E-state index contributed by atoms with van der Waals surface area (Å²) in [5.41, 5.74) is 2.93. The highest BCUT2D eigenvalue weighted by molar-refractivity contribution is 5.88. The quantitative estimate of drug-likeness (QED) is 0.686. The fraction of sp³-hybridized carbons (Fsp3) is 0.560. The van der Waals surface area contributed by atoms with Gasteiger partial charge in [-0.3, -0.25) is 9.80 Å². The van der Waals surface area contributed by atoms with Crippen LogP contribution in [0.4, 0.5) is 16.6 Å². The van der Waals surface area contributed by atoms with Crippen molar-refractivity contribution in [3.63, 3.8) is 0 Å². The lowest BCUT2D eigenvalue weighted by Crippen LogP contribution is -2.51. The van der Waals surface area contributed by atoms with E-state index < -0.39 is 0 Å². The summed E-state index contributed by atoms with van der Waals surface area (Å²) in [4.78, 5) is 24.6. The zero-order valence-corrected chi connectivity index (χ0v) is 20.0. The second kappa shape index (κ2) is 10.5. The minimum atomic E-state index is -0.361. The van der Waals surface area contributed by atoms with E-state index in [2.05, 4.69) is 70.5 Å². The van der Waals surface area contributed by atoms with Crippen LogP contribution < -0.4 is 15.5 Å². The smallest absolute Gasteiger partial charge is 0.415 e. The van der Waals surface area contributed by atoms with E-state index >= 15 is 0 Å². The maximum absolute atomic E-state index is 11.8. The first-order valence-electron chi connectivity index (χ1n) is 12.1. The predicted octanol–water partition coefficient (Wildman–Crippen LogP) is 3.96. The van der Waals surface area contributed by atoms with E-state index in [1.54, 1.807) is 12.3 Å². The third-order valence-electron chi connectivity index (χ3n) is 6.22. The van der Waals surface area contributed by atoms with Gasteiger partial charge in [-0.05, 0) is 37.0 Å². The first kappa shape index (κ1) is 23.4. The van der Waals surface area contributed by atoms with Crippen molar-refractivity contribution in [2.75, 3.05) is 43.0 Å². The maximum atomic E-state index is 11.8. The molecule has 178 valence electrons. The molecule has 8 nitrogen and oxygen atoms in total. The Hall–Kier alpha value is -2.71. The summed E-state index contributed by atoms with van der Waals surface area (Å²) in [6, 6.07) is 10.5. The minimum absolute atomic E-state index is 0.0498. The van der Waals surface area contributed by atoms with E-state index in [0.717, 1.165) is 26.2 Å². The van der Waals surface area contributed by atoms with E-state index in [0.29, 0.717) is 30.5 Å². The molecule has 8 heteroatoms. The van der Waals surface area contributed by atoms with Gasteiger partial charge < -0.3 is 15.4 Å². The number of anilines is 2. The van der Waals surface area contributed by atoms with Crippen LogP contribution in [0.25, 0.3) is 0 Å². The standard InChI is InChI=1S/C22H28N6O2.C3H8/c1-16(25-20-23-9-6-19(26-20)28-12-13-30-21(28)29)18-4-2-17(3-5-18)14-27-11-10-24-22(15-27)7-8-22;1-3-2/h2-6,9,16,24H,7-8,10-15H2,1H3,(H,23,25,26);3H2,1-2H3. The SMILES string of the molecule is CC(Nc1nccc(N2CCOC2=O)n1)c1ccc(CN2CCNC3(CC3)C2)cc1.CCC. The summed E-state index contributed by atoms with van der Waals surface area (Å²) in [7, 11) is 0. The molecule has 2 N–H and O–H groups in total. The van der Waals surface area contributed by atoms with Gasteiger partial charge in [0.05, 0.1) is 12.6 Å². The Labute approximate surface area is 196 Å². The molecule has 0 radical (unpaired) electrons. The van der Waals surface area contributed by atoms with E-state index in [4.69, 9.17) is 4.74 Å². The van der Waals surface area contributed by atoms with Crippen molar-refractivity contribution in [1.29, 1.82) is 0 Å². The van der Waals surface area contributed by atoms with Crippen LogP contribution in [0.1, 0.15) is 57.2 Å². The average molecular weight is 453 g/mol. The largest absolute Gasteiger partial charge is 0.447 e. The van der Waals surface area contributed by atoms with Crippen LogP contribution in [-0.2, 0) is 11.3 Å². The number of nitrogens with zero attached hydrogens (tertiary/aromatic N) is 4. The van der Waals surface area contributed by atoms with E-state index in [1.165, 1.54) is 35.3 Å². The number of aromatic nitrogens is 2. The molecular weight excluding hydrogens is 416 g/mol. The Balaban J connectivity index is 0.000000821. The molecule has 1 aliphatic carbocycles. The molecule has 1 saturated carbocycles. The topological polar surface area (TPSA) is 82.6 Å². The summed E-state index contributed by atoms with van der Waals surface area (Å²) < 4.78 is 4.99. The van der Waals surface area contributed by atoms with Crippen molar-refractivity contribution in [2.24, 2.45) is 0 Å². The molecule has 2 saturated heterocycles. The Morgan fingerprint density at radius 3 is 2.61 bits per heavy atom. The van der Waals surface area contributed by atoms with Crippen LogP contribution in [0.2, 0.25) is 0 Å². The summed E-state index contributed by atoms with van der Waals surface area (Å²) >= 11 is 0. The number of nitrogens with one attached hydrogen (secondary N) is 2. The van der Waals surface area contributed by atoms with Crippen molar-refractivity contribution < 1.29 is 9.53 Å². The molecule has 33 heavy (non-hydrogen) atoms. The predicted molar refractivity (Wildman–Crippen MR) is 130 cm³/mol. The van der Waals surface area contributed by atoms with Crippen LogP contribution in [0.3, 0.4) is 0 Å². The molecule has 2 aromatic rings. The number of hydrogen-bond donors (Lipinski definition) is 2. The van der Waals surface area contributed by atoms with Crippen LogP contribution >= 0.6 is 0 Å². The zero-order chi connectivity index (χ0) is 23.3. The van der Waals surface area contributed by atoms with Crippen molar-refractivity contribution in [3.05, 3.63) is 47.7 Å². The number of hydrogen-bond acceptors (Lipinski definition) is 7. The number of benzene rings is 1. The second-order valence-electron chi connectivity index (χ2n) is 9.24. The molecule has 1 aromatic carbocycles. The highest BCUT2D eigenvalue weighted by Gasteiger charge is 2.45. The van der Waals surface area contributed by atoms with Crippen LogP contribution in [0.15, 0.2) is 36.5 Å². The van der Waals surface area contributed by atoms with Crippen molar-refractivity contribution in [3.8, 4) is 0 Å². The molecule has 2 aliphatic heterocycles. The van der Waals surface area contributed by atoms with Gasteiger partial charge in [0.25, 0.3) is 0 Å².